The first-order valence-corrected chi connectivity index (χ1v) is 8.50. The summed E-state index contributed by atoms with van der Waals surface area (Å²) in [4.78, 5) is 12.2. The molecule has 0 unspecified atom stereocenters. The van der Waals surface area contributed by atoms with Crippen LogP contribution in [0.3, 0.4) is 0 Å². The minimum Gasteiger partial charge on any atom is -0.459 e. The molecule has 0 aliphatic heterocycles. The molecule has 0 bridgehead atoms. The third-order valence-corrected chi connectivity index (χ3v) is 4.38. The number of benzene rings is 2. The summed E-state index contributed by atoms with van der Waals surface area (Å²) in [6, 6.07) is 15.5. The Bertz CT molecular complexity index is 1100. The maximum absolute atomic E-state index is 13.0. The Labute approximate surface area is 155 Å². The number of para-hydroxylation sites is 1. The average molecular weight is 364 g/mol. The summed E-state index contributed by atoms with van der Waals surface area (Å²) in [7, 11) is 1.95. The van der Waals surface area contributed by atoms with Crippen molar-refractivity contribution in [3.8, 4) is 11.3 Å². The second kappa shape index (κ2) is 7.07. The SMILES string of the molecule is Cn1cc(CC(=O)OCc2cc(-c3ccc(F)cc3)on2)c2ccccc21. The first kappa shape index (κ1) is 17.0. The van der Waals surface area contributed by atoms with Gasteiger partial charge in [0, 0.05) is 35.8 Å². The summed E-state index contributed by atoms with van der Waals surface area (Å²) < 4.78 is 25.5. The number of aromatic nitrogens is 2. The molecular formula is C21H17FN2O3. The standard InChI is InChI=1S/C21H17FN2O3/c1-24-12-15(18-4-2-3-5-19(18)24)10-21(25)26-13-17-11-20(27-23-17)14-6-8-16(22)9-7-14/h2-9,11-12H,10,13H2,1H3. The maximum Gasteiger partial charge on any atom is 0.310 e. The highest BCUT2D eigenvalue weighted by Gasteiger charge is 2.13. The van der Waals surface area contributed by atoms with E-state index in [4.69, 9.17) is 9.26 Å². The van der Waals surface area contributed by atoms with E-state index in [2.05, 4.69) is 5.16 Å². The minimum atomic E-state index is -0.335. The Morgan fingerprint density at radius 2 is 1.96 bits per heavy atom. The van der Waals surface area contributed by atoms with Gasteiger partial charge in [0.15, 0.2) is 5.76 Å². The molecule has 4 aromatic rings. The maximum atomic E-state index is 13.0. The van der Waals surface area contributed by atoms with E-state index in [1.54, 1.807) is 18.2 Å². The average Bonchev–Trinajstić information content (AvgIpc) is 3.26. The number of ether oxygens (including phenoxy) is 1. The van der Waals surface area contributed by atoms with Gasteiger partial charge in [-0.1, -0.05) is 23.4 Å². The Kier molecular flexibility index (Phi) is 4.46. The smallest absolute Gasteiger partial charge is 0.310 e. The van der Waals surface area contributed by atoms with Crippen LogP contribution in [0, 0.1) is 5.82 Å². The van der Waals surface area contributed by atoms with Gasteiger partial charge >= 0.3 is 5.97 Å². The Morgan fingerprint density at radius 3 is 2.78 bits per heavy atom. The molecule has 2 aromatic heterocycles. The number of hydrogen-bond donors (Lipinski definition) is 0. The van der Waals surface area contributed by atoms with Gasteiger partial charge in [-0.25, -0.2) is 4.39 Å². The Morgan fingerprint density at radius 1 is 1.19 bits per heavy atom. The predicted molar refractivity (Wildman–Crippen MR) is 98.3 cm³/mol. The van der Waals surface area contributed by atoms with Gasteiger partial charge in [0.1, 0.15) is 18.1 Å². The van der Waals surface area contributed by atoms with Crippen molar-refractivity contribution in [1.82, 2.24) is 9.72 Å². The van der Waals surface area contributed by atoms with Gasteiger partial charge in [0.05, 0.1) is 6.42 Å². The van der Waals surface area contributed by atoms with Gasteiger partial charge in [0.2, 0.25) is 0 Å². The number of carbonyl (C=O) groups excluding carboxylic acids is 1. The number of rotatable bonds is 5. The molecule has 6 heteroatoms. The monoisotopic (exact) mass is 364 g/mol. The molecule has 27 heavy (non-hydrogen) atoms. The molecule has 136 valence electrons. The van der Waals surface area contributed by atoms with E-state index in [9.17, 15) is 9.18 Å². The van der Waals surface area contributed by atoms with E-state index < -0.39 is 0 Å². The minimum absolute atomic E-state index is 0.0221. The molecule has 0 saturated carbocycles. The number of aryl methyl sites for hydroxylation is 1. The highest BCUT2D eigenvalue weighted by molar-refractivity contribution is 5.87. The number of esters is 1. The molecule has 0 radical (unpaired) electrons. The lowest BCUT2D eigenvalue weighted by Gasteiger charge is -2.01. The number of halogens is 1. The fraction of sp³-hybridized carbons (Fsp3) is 0.143. The molecule has 4 rings (SSSR count). The molecule has 0 spiro atoms. The van der Waals surface area contributed by atoms with Crippen molar-refractivity contribution in [3.05, 3.63) is 77.9 Å². The second-order valence-electron chi connectivity index (χ2n) is 6.31. The van der Waals surface area contributed by atoms with Crippen molar-refractivity contribution < 1.29 is 18.4 Å². The van der Waals surface area contributed by atoms with E-state index in [1.165, 1.54) is 12.1 Å². The van der Waals surface area contributed by atoms with Gasteiger partial charge in [-0.3, -0.25) is 4.79 Å². The molecule has 5 nitrogen and oxygen atoms in total. The Hall–Kier alpha value is -3.41. The van der Waals surface area contributed by atoms with Gasteiger partial charge in [-0.05, 0) is 35.9 Å². The van der Waals surface area contributed by atoms with Gasteiger partial charge in [-0.15, -0.1) is 0 Å². The number of carbonyl (C=O) groups is 1. The summed E-state index contributed by atoms with van der Waals surface area (Å²) in [5, 5.41) is 4.94. The quantitative estimate of drug-likeness (QED) is 0.497. The van der Waals surface area contributed by atoms with Crippen LogP contribution >= 0.6 is 0 Å². The van der Waals surface area contributed by atoms with Gasteiger partial charge in [-0.2, -0.15) is 0 Å². The number of hydrogen-bond acceptors (Lipinski definition) is 4. The number of fused-ring (bicyclic) bond motifs is 1. The fourth-order valence-corrected chi connectivity index (χ4v) is 3.06. The van der Waals surface area contributed by atoms with Crippen LogP contribution in [0.1, 0.15) is 11.3 Å². The van der Waals surface area contributed by atoms with Crippen LogP contribution in [-0.2, 0) is 29.6 Å². The second-order valence-corrected chi connectivity index (χ2v) is 6.31. The van der Waals surface area contributed by atoms with Crippen LogP contribution in [-0.4, -0.2) is 15.7 Å². The van der Waals surface area contributed by atoms with Crippen LogP contribution in [0.2, 0.25) is 0 Å². The zero-order valence-corrected chi connectivity index (χ0v) is 14.7. The lowest BCUT2D eigenvalue weighted by molar-refractivity contribution is -0.144. The van der Waals surface area contributed by atoms with Crippen LogP contribution in [0.25, 0.3) is 22.2 Å². The lowest BCUT2D eigenvalue weighted by atomic mass is 10.1. The van der Waals surface area contributed by atoms with Crippen LogP contribution in [0.15, 0.2) is 65.3 Å². The third kappa shape index (κ3) is 3.60. The summed E-state index contributed by atoms with van der Waals surface area (Å²) in [6.45, 7) is 0.0221. The highest BCUT2D eigenvalue weighted by atomic mass is 19.1. The van der Waals surface area contributed by atoms with Crippen molar-refractivity contribution in [1.29, 1.82) is 0 Å². The van der Waals surface area contributed by atoms with E-state index >= 15 is 0 Å². The highest BCUT2D eigenvalue weighted by Crippen LogP contribution is 2.22. The van der Waals surface area contributed by atoms with E-state index in [-0.39, 0.29) is 24.8 Å². The molecule has 0 fully saturated rings. The van der Waals surface area contributed by atoms with E-state index in [0.717, 1.165) is 16.5 Å². The predicted octanol–water partition coefficient (Wildman–Crippen LogP) is 4.26. The van der Waals surface area contributed by atoms with E-state index in [1.807, 2.05) is 42.1 Å². The third-order valence-electron chi connectivity index (χ3n) is 4.38. The van der Waals surface area contributed by atoms with Crippen LogP contribution in [0.4, 0.5) is 4.39 Å². The number of nitrogens with zero attached hydrogens (tertiary/aromatic N) is 2. The molecule has 2 heterocycles. The van der Waals surface area contributed by atoms with Crippen molar-refractivity contribution >= 4 is 16.9 Å². The van der Waals surface area contributed by atoms with Crippen molar-refractivity contribution in [2.24, 2.45) is 7.05 Å². The van der Waals surface area contributed by atoms with Crippen molar-refractivity contribution in [2.45, 2.75) is 13.0 Å². The largest absolute Gasteiger partial charge is 0.459 e. The van der Waals surface area contributed by atoms with Crippen molar-refractivity contribution in [3.63, 3.8) is 0 Å². The first-order valence-electron chi connectivity index (χ1n) is 8.50. The normalized spacial score (nSPS) is 11.0. The van der Waals surface area contributed by atoms with Crippen LogP contribution in [0.5, 0.6) is 0 Å². The molecule has 0 amide bonds. The van der Waals surface area contributed by atoms with E-state index in [0.29, 0.717) is 17.0 Å². The Balaban J connectivity index is 1.40. The molecule has 0 N–H and O–H groups in total. The topological polar surface area (TPSA) is 57.3 Å². The molecule has 0 saturated heterocycles. The summed E-state index contributed by atoms with van der Waals surface area (Å²) in [5.74, 6) is -0.159. The van der Waals surface area contributed by atoms with Crippen molar-refractivity contribution in [2.75, 3.05) is 0 Å². The molecular weight excluding hydrogens is 347 g/mol. The van der Waals surface area contributed by atoms with Crippen LogP contribution < -0.4 is 0 Å². The molecule has 2 aromatic carbocycles. The summed E-state index contributed by atoms with van der Waals surface area (Å²) in [5.41, 5.74) is 3.20. The molecule has 0 atom stereocenters. The fourth-order valence-electron chi connectivity index (χ4n) is 3.06. The zero-order valence-electron chi connectivity index (χ0n) is 14.7. The zero-order chi connectivity index (χ0) is 18.8. The first-order chi connectivity index (χ1) is 13.1. The summed E-state index contributed by atoms with van der Waals surface area (Å²) >= 11 is 0. The summed E-state index contributed by atoms with van der Waals surface area (Å²) in [6.07, 6.45) is 2.12. The van der Waals surface area contributed by atoms with Gasteiger partial charge < -0.3 is 13.8 Å². The molecule has 0 aliphatic rings. The molecule has 0 aliphatic carbocycles. The van der Waals surface area contributed by atoms with Gasteiger partial charge in [0.25, 0.3) is 0 Å². The lowest BCUT2D eigenvalue weighted by Crippen LogP contribution is -2.07.